The molecule has 2 aromatic rings. The van der Waals surface area contributed by atoms with Crippen molar-refractivity contribution in [3.05, 3.63) is 46.5 Å². The van der Waals surface area contributed by atoms with Crippen LogP contribution in [0.4, 0.5) is 31.5 Å². The van der Waals surface area contributed by atoms with Crippen LogP contribution in [0.25, 0.3) is 0 Å². The third-order valence-corrected chi connectivity index (χ3v) is 4.56. The highest BCUT2D eigenvalue weighted by molar-refractivity contribution is 7.78. The molecule has 0 aliphatic heterocycles. The van der Waals surface area contributed by atoms with Gasteiger partial charge in [0.25, 0.3) is 0 Å². The van der Waals surface area contributed by atoms with E-state index < -0.39 is 41.9 Å². The number of methoxy groups -OCH3 is 1. The Hall–Kier alpha value is -2.41. The highest BCUT2D eigenvalue weighted by Gasteiger charge is 2.37. The summed E-state index contributed by atoms with van der Waals surface area (Å²) in [6.45, 7) is 0. The predicted octanol–water partition coefficient (Wildman–Crippen LogP) is 4.55. The number of benzene rings is 1. The lowest BCUT2D eigenvalue weighted by molar-refractivity contribution is -0.145. The maximum absolute atomic E-state index is 13.1. The summed E-state index contributed by atoms with van der Waals surface area (Å²) in [6, 6.07) is -0.223. The number of thiazole rings is 1. The highest BCUT2D eigenvalue weighted by Crippen LogP contribution is 2.36. The maximum atomic E-state index is 13.1. The third kappa shape index (κ3) is 6.03. The zero-order valence-corrected chi connectivity index (χ0v) is 16.2. The number of hydrogen-bond acceptors (Lipinski definition) is 6. The number of aromatic nitrogens is 1. The van der Waals surface area contributed by atoms with Gasteiger partial charge in [0, 0.05) is 18.0 Å². The molecule has 13 heteroatoms. The first-order chi connectivity index (χ1) is 13.5. The van der Waals surface area contributed by atoms with E-state index in [0.717, 1.165) is 28.9 Å². The first kappa shape index (κ1) is 22.9. The van der Waals surface area contributed by atoms with E-state index in [9.17, 15) is 31.1 Å². The molecule has 0 aliphatic rings. The van der Waals surface area contributed by atoms with Crippen LogP contribution in [0.5, 0.6) is 0 Å². The lowest BCUT2D eigenvalue weighted by Crippen LogP contribution is -2.45. The van der Waals surface area contributed by atoms with E-state index in [0.29, 0.717) is 17.3 Å². The molecule has 1 unspecified atom stereocenters. The van der Waals surface area contributed by atoms with Crippen LogP contribution >= 0.6 is 23.6 Å². The molecule has 5 nitrogen and oxygen atoms in total. The number of carbonyl (C=O) groups is 1. The minimum Gasteiger partial charge on any atom is -0.467 e. The van der Waals surface area contributed by atoms with Crippen LogP contribution in [0.1, 0.15) is 16.7 Å². The fourth-order valence-corrected chi connectivity index (χ4v) is 3.09. The summed E-state index contributed by atoms with van der Waals surface area (Å²) in [5.41, 5.74) is 0.329. The first-order valence-corrected chi connectivity index (χ1v) is 9.06. The van der Waals surface area contributed by atoms with Crippen molar-refractivity contribution in [2.45, 2.75) is 24.8 Å². The summed E-state index contributed by atoms with van der Waals surface area (Å²) in [6.07, 6.45) is -9.09. The number of hydrogen-bond donors (Lipinski definition) is 1. The van der Waals surface area contributed by atoms with E-state index in [1.807, 2.05) is 0 Å². The third-order valence-electron chi connectivity index (χ3n) is 3.66. The van der Waals surface area contributed by atoms with E-state index in [-0.39, 0.29) is 11.6 Å². The summed E-state index contributed by atoms with van der Waals surface area (Å²) >= 11 is 5.97. The Kier molecular flexibility index (Phi) is 7.06. The van der Waals surface area contributed by atoms with Gasteiger partial charge in [0.05, 0.1) is 23.7 Å². The molecule has 1 N–H and O–H groups in total. The number of rotatable bonds is 7. The maximum Gasteiger partial charge on any atom is 0.416 e. The quantitative estimate of drug-likeness (QED) is 0.285. The Labute approximate surface area is 170 Å². The predicted molar refractivity (Wildman–Crippen MR) is 97.2 cm³/mol. The van der Waals surface area contributed by atoms with Gasteiger partial charge in [-0.25, -0.2) is 9.78 Å². The van der Waals surface area contributed by atoms with Crippen LogP contribution in [-0.4, -0.2) is 34.6 Å². The molecule has 158 valence electrons. The molecule has 29 heavy (non-hydrogen) atoms. The lowest BCUT2D eigenvalue weighted by atomic mass is 9.99. The second kappa shape index (κ2) is 8.95. The zero-order chi connectivity index (χ0) is 21.8. The van der Waals surface area contributed by atoms with Crippen molar-refractivity contribution < 1.29 is 35.9 Å². The van der Waals surface area contributed by atoms with Crippen molar-refractivity contribution in [2.24, 2.45) is 0 Å². The van der Waals surface area contributed by atoms with Gasteiger partial charge in [0.2, 0.25) is 5.13 Å². The number of thiocarbonyl (C=S) groups is 1. The summed E-state index contributed by atoms with van der Waals surface area (Å²) < 4.78 is 83.0. The number of nitrogens with zero attached hydrogens (tertiary/aromatic N) is 2. The number of halogens is 6. The van der Waals surface area contributed by atoms with Gasteiger partial charge in [0.1, 0.15) is 0 Å². The fourth-order valence-electron chi connectivity index (χ4n) is 2.36. The van der Waals surface area contributed by atoms with Gasteiger partial charge in [-0.1, -0.05) is 12.2 Å². The van der Waals surface area contributed by atoms with E-state index in [2.05, 4.69) is 15.1 Å². The van der Waals surface area contributed by atoms with Crippen molar-refractivity contribution in [2.75, 3.05) is 12.5 Å². The van der Waals surface area contributed by atoms with Crippen molar-refractivity contribution in [1.82, 2.24) is 9.99 Å². The average Bonchev–Trinajstić information content (AvgIpc) is 3.15. The van der Waals surface area contributed by atoms with Crippen LogP contribution in [-0.2, 0) is 28.3 Å². The van der Waals surface area contributed by atoms with Crippen molar-refractivity contribution in [3.8, 4) is 0 Å². The van der Waals surface area contributed by atoms with Gasteiger partial charge in [0.15, 0.2) is 6.04 Å². The van der Waals surface area contributed by atoms with Crippen molar-refractivity contribution >= 4 is 40.1 Å². The lowest BCUT2D eigenvalue weighted by Gasteiger charge is -2.28. The molecule has 0 fully saturated rings. The number of alkyl halides is 6. The second-order valence-corrected chi connectivity index (χ2v) is 6.72. The summed E-state index contributed by atoms with van der Waals surface area (Å²) in [7, 11) is 1.04. The highest BCUT2D eigenvalue weighted by atomic mass is 32.1. The molecule has 1 aromatic carbocycles. The number of anilines is 1. The minimum atomic E-state index is -5.00. The summed E-state index contributed by atoms with van der Waals surface area (Å²) in [4.78, 5) is 16.1. The Morgan fingerprint density at radius 1 is 1.24 bits per heavy atom. The van der Waals surface area contributed by atoms with Crippen molar-refractivity contribution in [3.63, 3.8) is 0 Å². The van der Waals surface area contributed by atoms with Gasteiger partial charge < -0.3 is 4.74 Å². The number of esters is 1. The average molecular weight is 457 g/mol. The Bertz CT molecular complexity index is 823. The minimum absolute atomic E-state index is 0.0153. The molecule has 0 saturated heterocycles. The van der Waals surface area contributed by atoms with Gasteiger partial charge in [-0.2, -0.15) is 26.3 Å². The molecule has 0 bridgehead atoms. The number of hydrazine groups is 1. The molecule has 2 rings (SSSR count). The first-order valence-electron chi connectivity index (χ1n) is 7.71. The molecule has 0 radical (unpaired) electrons. The molecular formula is C16H13F6N3O2S2. The number of carbonyl (C=O) groups excluding carboxylic acids is 1. The number of ether oxygens (including phenoxy) is 1. The van der Waals surface area contributed by atoms with Gasteiger partial charge in [-0.3, -0.25) is 10.4 Å². The fraction of sp³-hybridized carbons (Fsp3) is 0.312. The van der Waals surface area contributed by atoms with Crippen LogP contribution in [0.15, 0.2) is 29.8 Å². The smallest absolute Gasteiger partial charge is 0.416 e. The molecule has 1 atom stereocenters. The van der Waals surface area contributed by atoms with Crippen molar-refractivity contribution in [1.29, 1.82) is 0 Å². The summed E-state index contributed by atoms with van der Waals surface area (Å²) in [5.74, 6) is -0.916. The van der Waals surface area contributed by atoms with Crippen LogP contribution < -0.4 is 5.43 Å². The van der Waals surface area contributed by atoms with Gasteiger partial charge in [-0.15, -0.1) is 11.3 Å². The van der Waals surface area contributed by atoms with Crippen LogP contribution in [0.2, 0.25) is 0 Å². The molecular weight excluding hydrogens is 444 g/mol. The Morgan fingerprint density at radius 3 is 2.24 bits per heavy atom. The van der Waals surface area contributed by atoms with E-state index >= 15 is 0 Å². The largest absolute Gasteiger partial charge is 0.467 e. The van der Waals surface area contributed by atoms with E-state index in [4.69, 9.17) is 12.2 Å². The number of nitrogens with one attached hydrogen (secondary N) is 1. The second-order valence-electron chi connectivity index (χ2n) is 5.62. The van der Waals surface area contributed by atoms with E-state index in [1.54, 1.807) is 5.38 Å². The Balaban J connectivity index is 2.44. The standard InChI is InChI=1S/C16H13F6N3O2S2/c1-27-13(26)12(25(8-28)24-14-23-2-3-29-14)6-9-4-10(15(17,18)19)7-11(5-9)16(20,21)22/h2-5,7-8,12H,6H2,1H3,(H,23,24). The van der Waals surface area contributed by atoms with E-state index in [1.165, 1.54) is 6.20 Å². The monoisotopic (exact) mass is 457 g/mol. The van der Waals surface area contributed by atoms with Crippen LogP contribution in [0.3, 0.4) is 0 Å². The molecule has 1 heterocycles. The SMILES string of the molecule is COC(=O)C(Cc1cc(C(F)(F)F)cc(C(F)(F)F)c1)N(C=S)Nc1nccs1. The summed E-state index contributed by atoms with van der Waals surface area (Å²) in [5, 5.41) is 2.95. The Morgan fingerprint density at radius 2 is 1.83 bits per heavy atom. The molecule has 1 aromatic heterocycles. The molecule has 0 aliphatic carbocycles. The van der Waals surface area contributed by atoms with Gasteiger partial charge >= 0.3 is 18.3 Å². The molecule has 0 amide bonds. The zero-order valence-electron chi connectivity index (χ0n) is 14.5. The van der Waals surface area contributed by atoms with Gasteiger partial charge in [-0.05, 0) is 23.8 Å². The normalized spacial score (nSPS) is 12.9. The topological polar surface area (TPSA) is 54.5 Å². The van der Waals surface area contributed by atoms with Crippen LogP contribution in [0, 0.1) is 0 Å². The molecule has 0 spiro atoms. The molecule has 0 saturated carbocycles.